The zero-order valence-corrected chi connectivity index (χ0v) is 9.95. The van der Waals surface area contributed by atoms with Gasteiger partial charge in [-0.1, -0.05) is 15.9 Å². The molecule has 0 radical (unpaired) electrons. The first-order chi connectivity index (χ1) is 7.65. The molecule has 16 heavy (non-hydrogen) atoms. The Labute approximate surface area is 101 Å². The van der Waals surface area contributed by atoms with Gasteiger partial charge in [-0.3, -0.25) is 9.59 Å². The lowest BCUT2D eigenvalue weighted by molar-refractivity contribution is -0.122. The maximum Gasteiger partial charge on any atom is 0.248 e. The van der Waals surface area contributed by atoms with E-state index in [2.05, 4.69) is 31.5 Å². The number of hydrogen-bond donors (Lipinski definition) is 2. The number of nitrogens with one attached hydrogen (secondary N) is 2. The van der Waals surface area contributed by atoms with Crippen molar-refractivity contribution >= 4 is 33.6 Å². The highest BCUT2D eigenvalue weighted by molar-refractivity contribution is 9.10. The quantitative estimate of drug-likeness (QED) is 0.853. The fourth-order valence-corrected chi connectivity index (χ4v) is 1.83. The summed E-state index contributed by atoms with van der Waals surface area (Å²) < 4.78 is 0.841. The molecule has 5 nitrogen and oxygen atoms in total. The van der Waals surface area contributed by atoms with Crippen LogP contribution in [0.2, 0.25) is 0 Å². The van der Waals surface area contributed by atoms with E-state index in [1.807, 2.05) is 0 Å². The summed E-state index contributed by atoms with van der Waals surface area (Å²) in [6.45, 7) is 0. The van der Waals surface area contributed by atoms with Crippen molar-refractivity contribution in [2.75, 3.05) is 5.32 Å². The maximum atomic E-state index is 11.7. The number of carbonyl (C=O) groups is 2. The van der Waals surface area contributed by atoms with E-state index < -0.39 is 6.04 Å². The van der Waals surface area contributed by atoms with Gasteiger partial charge in [0, 0.05) is 17.1 Å². The number of carbonyl (C=O) groups excluding carboxylic acids is 2. The van der Waals surface area contributed by atoms with E-state index >= 15 is 0 Å². The Hall–Kier alpha value is -1.43. The summed E-state index contributed by atoms with van der Waals surface area (Å²) in [4.78, 5) is 26.6. The van der Waals surface area contributed by atoms with Gasteiger partial charge in [-0.25, -0.2) is 4.98 Å². The third-order valence-electron chi connectivity index (χ3n) is 2.29. The average Bonchev–Trinajstić information content (AvgIpc) is 2.65. The molecule has 1 atom stereocenters. The number of halogens is 1. The van der Waals surface area contributed by atoms with Crippen molar-refractivity contribution in [2.45, 2.75) is 18.9 Å². The van der Waals surface area contributed by atoms with Gasteiger partial charge < -0.3 is 10.6 Å². The van der Waals surface area contributed by atoms with E-state index in [9.17, 15) is 9.59 Å². The molecule has 6 heteroatoms. The molecule has 2 rings (SSSR count). The predicted molar refractivity (Wildman–Crippen MR) is 61.7 cm³/mol. The molecule has 2 N–H and O–H groups in total. The molecule has 1 aliphatic heterocycles. The Morgan fingerprint density at radius 3 is 3.06 bits per heavy atom. The Kier molecular flexibility index (Phi) is 3.19. The summed E-state index contributed by atoms with van der Waals surface area (Å²) in [5.41, 5.74) is 0. The zero-order valence-electron chi connectivity index (χ0n) is 8.37. The molecule has 0 spiro atoms. The molecule has 0 aliphatic carbocycles. The number of aromatic nitrogens is 1. The highest BCUT2D eigenvalue weighted by atomic mass is 79.9. The minimum atomic E-state index is -0.437. The van der Waals surface area contributed by atoms with Crippen molar-refractivity contribution in [2.24, 2.45) is 0 Å². The molecule has 2 heterocycles. The molecular formula is C10H10BrN3O2. The molecule has 1 saturated heterocycles. The van der Waals surface area contributed by atoms with E-state index in [0.29, 0.717) is 18.7 Å². The van der Waals surface area contributed by atoms with Gasteiger partial charge in [0.25, 0.3) is 0 Å². The summed E-state index contributed by atoms with van der Waals surface area (Å²) in [5, 5.41) is 5.25. The van der Waals surface area contributed by atoms with E-state index in [-0.39, 0.29) is 11.8 Å². The average molecular weight is 284 g/mol. The van der Waals surface area contributed by atoms with Crippen molar-refractivity contribution < 1.29 is 9.59 Å². The highest BCUT2D eigenvalue weighted by Crippen LogP contribution is 2.14. The lowest BCUT2D eigenvalue weighted by Crippen LogP contribution is -2.37. The number of pyridine rings is 1. The third kappa shape index (κ3) is 2.57. The monoisotopic (exact) mass is 283 g/mol. The fraction of sp³-hybridized carbons (Fsp3) is 0.300. The first-order valence-electron chi connectivity index (χ1n) is 4.87. The second kappa shape index (κ2) is 4.61. The number of amides is 2. The molecule has 1 aromatic heterocycles. The van der Waals surface area contributed by atoms with Crippen molar-refractivity contribution in [1.82, 2.24) is 10.3 Å². The Balaban J connectivity index is 1.99. The topological polar surface area (TPSA) is 71.1 Å². The molecule has 0 bridgehead atoms. The number of nitrogens with zero attached hydrogens (tertiary/aromatic N) is 1. The van der Waals surface area contributed by atoms with Gasteiger partial charge in [0.15, 0.2) is 0 Å². The Morgan fingerprint density at radius 1 is 1.62 bits per heavy atom. The first-order valence-corrected chi connectivity index (χ1v) is 5.66. The Morgan fingerprint density at radius 2 is 2.44 bits per heavy atom. The molecule has 1 fully saturated rings. The summed E-state index contributed by atoms with van der Waals surface area (Å²) in [6.07, 6.45) is 2.54. The SMILES string of the molecule is O=C1CC[C@@H](C(=O)Nc2cc(Br)ccn2)N1. The molecule has 1 aliphatic rings. The first kappa shape index (κ1) is 11.1. The van der Waals surface area contributed by atoms with Crippen LogP contribution < -0.4 is 10.6 Å². The van der Waals surface area contributed by atoms with Crippen molar-refractivity contribution in [3.05, 3.63) is 22.8 Å². The van der Waals surface area contributed by atoms with Gasteiger partial charge in [-0.15, -0.1) is 0 Å². The van der Waals surface area contributed by atoms with Crippen LogP contribution in [0.25, 0.3) is 0 Å². The highest BCUT2D eigenvalue weighted by Gasteiger charge is 2.27. The molecule has 0 aromatic carbocycles. The van der Waals surface area contributed by atoms with Crippen LogP contribution in [-0.2, 0) is 9.59 Å². The van der Waals surface area contributed by atoms with Crippen LogP contribution in [0.5, 0.6) is 0 Å². The number of anilines is 1. The second-order valence-electron chi connectivity index (χ2n) is 3.51. The minimum absolute atomic E-state index is 0.0812. The lowest BCUT2D eigenvalue weighted by atomic mass is 10.2. The lowest BCUT2D eigenvalue weighted by Gasteiger charge is -2.10. The maximum absolute atomic E-state index is 11.7. The van der Waals surface area contributed by atoms with Gasteiger partial charge in [0.2, 0.25) is 11.8 Å². The summed E-state index contributed by atoms with van der Waals surface area (Å²) in [5.74, 6) is 0.166. The van der Waals surface area contributed by atoms with E-state index in [1.54, 1.807) is 18.3 Å². The molecule has 0 unspecified atom stereocenters. The fourth-order valence-electron chi connectivity index (χ4n) is 1.50. The van der Waals surface area contributed by atoms with E-state index in [0.717, 1.165) is 4.47 Å². The van der Waals surface area contributed by atoms with Crippen LogP contribution in [0.15, 0.2) is 22.8 Å². The third-order valence-corrected chi connectivity index (χ3v) is 2.78. The molecule has 84 valence electrons. The van der Waals surface area contributed by atoms with Gasteiger partial charge in [-0.2, -0.15) is 0 Å². The van der Waals surface area contributed by atoms with Gasteiger partial charge in [0.1, 0.15) is 11.9 Å². The molecule has 2 amide bonds. The molecule has 1 aromatic rings. The van der Waals surface area contributed by atoms with Gasteiger partial charge in [-0.05, 0) is 18.6 Å². The van der Waals surface area contributed by atoms with Crippen LogP contribution in [0.4, 0.5) is 5.82 Å². The summed E-state index contributed by atoms with van der Waals surface area (Å²) in [6, 6.07) is 3.04. The van der Waals surface area contributed by atoms with Crippen LogP contribution in [0.3, 0.4) is 0 Å². The minimum Gasteiger partial charge on any atom is -0.344 e. The predicted octanol–water partition coefficient (Wildman–Crippen LogP) is 1.06. The number of rotatable bonds is 2. The van der Waals surface area contributed by atoms with Crippen LogP contribution in [-0.4, -0.2) is 22.8 Å². The normalized spacial score (nSPS) is 19.3. The largest absolute Gasteiger partial charge is 0.344 e. The second-order valence-corrected chi connectivity index (χ2v) is 4.42. The summed E-state index contributed by atoms with van der Waals surface area (Å²) >= 11 is 3.28. The van der Waals surface area contributed by atoms with Crippen LogP contribution >= 0.6 is 15.9 Å². The summed E-state index contributed by atoms with van der Waals surface area (Å²) in [7, 11) is 0. The zero-order chi connectivity index (χ0) is 11.5. The van der Waals surface area contributed by atoms with Crippen molar-refractivity contribution in [3.8, 4) is 0 Å². The van der Waals surface area contributed by atoms with E-state index in [1.165, 1.54) is 0 Å². The van der Waals surface area contributed by atoms with Crippen molar-refractivity contribution in [1.29, 1.82) is 0 Å². The van der Waals surface area contributed by atoms with E-state index in [4.69, 9.17) is 0 Å². The van der Waals surface area contributed by atoms with Crippen LogP contribution in [0.1, 0.15) is 12.8 Å². The molecule has 0 saturated carbocycles. The smallest absolute Gasteiger partial charge is 0.248 e. The standard InChI is InChI=1S/C10H10BrN3O2/c11-6-3-4-12-8(5-6)14-10(16)7-1-2-9(15)13-7/h3-5,7H,1-2H2,(H,13,15)(H,12,14,16)/t7-/m0/s1. The van der Waals surface area contributed by atoms with Crippen molar-refractivity contribution in [3.63, 3.8) is 0 Å². The van der Waals surface area contributed by atoms with Gasteiger partial charge in [0.05, 0.1) is 0 Å². The molecular weight excluding hydrogens is 274 g/mol. The van der Waals surface area contributed by atoms with Crippen LogP contribution in [0, 0.1) is 0 Å². The van der Waals surface area contributed by atoms with Gasteiger partial charge >= 0.3 is 0 Å². The number of hydrogen-bond acceptors (Lipinski definition) is 3. The Bertz CT molecular complexity index is 436.